The van der Waals surface area contributed by atoms with Crippen molar-refractivity contribution in [1.82, 2.24) is 9.97 Å². The van der Waals surface area contributed by atoms with Gasteiger partial charge in [0.15, 0.2) is 5.69 Å². The molecule has 1 aromatic heterocycles. The Morgan fingerprint density at radius 1 is 1.11 bits per heavy atom. The number of H-pyrrole nitrogens is 1. The van der Waals surface area contributed by atoms with Gasteiger partial charge in [-0.25, -0.2) is 14.6 Å². The molecular formula is C21H18N2O4. The zero-order valence-electron chi connectivity index (χ0n) is 14.7. The summed E-state index contributed by atoms with van der Waals surface area (Å²) < 4.78 is 4.86. The first-order chi connectivity index (χ1) is 13.1. The number of rotatable bonds is 6. The van der Waals surface area contributed by atoms with Crippen LogP contribution in [-0.4, -0.2) is 34.1 Å². The van der Waals surface area contributed by atoms with Crippen molar-refractivity contribution in [3.63, 3.8) is 0 Å². The number of esters is 1. The van der Waals surface area contributed by atoms with Crippen LogP contribution in [0.4, 0.5) is 0 Å². The first-order valence-electron chi connectivity index (χ1n) is 8.29. The van der Waals surface area contributed by atoms with Gasteiger partial charge in [-0.1, -0.05) is 54.6 Å². The SMILES string of the molecule is COC(=O)c1[nH]c(Cc2ccc(C=CC(=O)O)cc2)nc1-c1ccccc1. The van der Waals surface area contributed by atoms with E-state index in [1.165, 1.54) is 13.2 Å². The van der Waals surface area contributed by atoms with Gasteiger partial charge in [0, 0.05) is 18.1 Å². The molecule has 0 unspecified atom stereocenters. The van der Waals surface area contributed by atoms with Gasteiger partial charge in [-0.2, -0.15) is 0 Å². The van der Waals surface area contributed by atoms with E-state index in [1.54, 1.807) is 0 Å². The summed E-state index contributed by atoms with van der Waals surface area (Å²) in [5.41, 5.74) is 3.47. The zero-order chi connectivity index (χ0) is 19.2. The van der Waals surface area contributed by atoms with Crippen LogP contribution in [-0.2, 0) is 16.0 Å². The molecule has 0 spiro atoms. The molecule has 6 heteroatoms. The molecule has 0 aliphatic rings. The van der Waals surface area contributed by atoms with Crippen molar-refractivity contribution >= 4 is 18.0 Å². The number of ether oxygens (including phenoxy) is 1. The molecule has 2 N–H and O–H groups in total. The largest absolute Gasteiger partial charge is 0.478 e. The number of hydrogen-bond donors (Lipinski definition) is 2. The van der Waals surface area contributed by atoms with Crippen LogP contribution in [0.15, 0.2) is 60.7 Å². The molecule has 0 aliphatic heterocycles. The molecule has 3 rings (SSSR count). The van der Waals surface area contributed by atoms with E-state index in [9.17, 15) is 9.59 Å². The number of nitrogens with zero attached hydrogens (tertiary/aromatic N) is 1. The molecule has 0 amide bonds. The van der Waals surface area contributed by atoms with E-state index in [0.29, 0.717) is 23.6 Å². The summed E-state index contributed by atoms with van der Waals surface area (Å²) in [4.78, 5) is 30.3. The summed E-state index contributed by atoms with van der Waals surface area (Å²) in [5, 5.41) is 8.67. The summed E-state index contributed by atoms with van der Waals surface area (Å²) >= 11 is 0. The maximum Gasteiger partial charge on any atom is 0.356 e. The van der Waals surface area contributed by atoms with Crippen LogP contribution in [0.25, 0.3) is 17.3 Å². The highest BCUT2D eigenvalue weighted by atomic mass is 16.5. The second kappa shape index (κ2) is 8.14. The van der Waals surface area contributed by atoms with Crippen LogP contribution in [0.3, 0.4) is 0 Å². The number of carbonyl (C=O) groups is 2. The third-order valence-electron chi connectivity index (χ3n) is 3.96. The van der Waals surface area contributed by atoms with Crippen LogP contribution in [0.5, 0.6) is 0 Å². The molecule has 136 valence electrons. The van der Waals surface area contributed by atoms with E-state index >= 15 is 0 Å². The third kappa shape index (κ3) is 4.49. The number of aliphatic carboxylic acids is 1. The van der Waals surface area contributed by atoms with Gasteiger partial charge in [0.05, 0.1) is 7.11 Å². The van der Waals surface area contributed by atoms with Gasteiger partial charge < -0.3 is 14.8 Å². The Morgan fingerprint density at radius 2 is 1.81 bits per heavy atom. The van der Waals surface area contributed by atoms with E-state index in [1.807, 2.05) is 54.6 Å². The molecule has 27 heavy (non-hydrogen) atoms. The summed E-state index contributed by atoms with van der Waals surface area (Å²) in [6.45, 7) is 0. The number of hydrogen-bond acceptors (Lipinski definition) is 4. The van der Waals surface area contributed by atoms with Crippen molar-refractivity contribution in [1.29, 1.82) is 0 Å². The maximum absolute atomic E-state index is 12.1. The lowest BCUT2D eigenvalue weighted by Crippen LogP contribution is -2.03. The smallest absolute Gasteiger partial charge is 0.356 e. The fraction of sp³-hybridized carbons (Fsp3) is 0.0952. The Hall–Kier alpha value is -3.67. The highest BCUT2D eigenvalue weighted by Gasteiger charge is 2.19. The van der Waals surface area contributed by atoms with Crippen molar-refractivity contribution in [2.24, 2.45) is 0 Å². The van der Waals surface area contributed by atoms with Gasteiger partial charge in [0.25, 0.3) is 0 Å². The van der Waals surface area contributed by atoms with Gasteiger partial charge >= 0.3 is 11.9 Å². The molecule has 0 aliphatic carbocycles. The van der Waals surface area contributed by atoms with Gasteiger partial charge in [0.2, 0.25) is 0 Å². The van der Waals surface area contributed by atoms with E-state index in [-0.39, 0.29) is 0 Å². The summed E-state index contributed by atoms with van der Waals surface area (Å²) in [7, 11) is 1.33. The second-order valence-electron chi connectivity index (χ2n) is 5.85. The zero-order valence-corrected chi connectivity index (χ0v) is 14.7. The molecular weight excluding hydrogens is 344 g/mol. The number of aromatic amines is 1. The predicted octanol–water partition coefficient (Wildman–Crippen LogP) is 3.55. The first kappa shape index (κ1) is 18.1. The second-order valence-corrected chi connectivity index (χ2v) is 5.85. The molecule has 0 radical (unpaired) electrons. The summed E-state index contributed by atoms with van der Waals surface area (Å²) in [6, 6.07) is 16.9. The van der Waals surface area contributed by atoms with Crippen LogP contribution >= 0.6 is 0 Å². The minimum atomic E-state index is -0.988. The van der Waals surface area contributed by atoms with Gasteiger partial charge in [-0.15, -0.1) is 0 Å². The molecule has 6 nitrogen and oxygen atoms in total. The van der Waals surface area contributed by atoms with Crippen LogP contribution < -0.4 is 0 Å². The maximum atomic E-state index is 12.1. The Labute approximate surface area is 156 Å². The van der Waals surface area contributed by atoms with Crippen molar-refractivity contribution in [3.8, 4) is 11.3 Å². The third-order valence-corrected chi connectivity index (χ3v) is 3.96. The standard InChI is InChI=1S/C21H18N2O4/c1-27-21(26)20-19(16-5-3-2-4-6-16)22-17(23-20)13-15-9-7-14(8-10-15)11-12-18(24)25/h2-12H,13H2,1H3,(H,22,23)(H,24,25). The van der Waals surface area contributed by atoms with E-state index in [2.05, 4.69) is 9.97 Å². The Morgan fingerprint density at radius 3 is 2.44 bits per heavy atom. The lowest BCUT2D eigenvalue weighted by atomic mass is 10.1. The average molecular weight is 362 g/mol. The number of benzene rings is 2. The summed E-state index contributed by atoms with van der Waals surface area (Å²) in [6.07, 6.45) is 3.12. The van der Waals surface area contributed by atoms with Gasteiger partial charge in [-0.05, 0) is 17.2 Å². The average Bonchev–Trinajstić information content (AvgIpc) is 3.11. The Balaban J connectivity index is 1.86. The number of carboxylic acid groups (broad SMARTS) is 1. The number of aromatic nitrogens is 2. The molecule has 0 bridgehead atoms. The first-order valence-corrected chi connectivity index (χ1v) is 8.29. The fourth-order valence-electron chi connectivity index (χ4n) is 2.67. The van der Waals surface area contributed by atoms with Crippen molar-refractivity contribution in [2.45, 2.75) is 6.42 Å². The molecule has 1 heterocycles. The van der Waals surface area contributed by atoms with Crippen LogP contribution in [0.2, 0.25) is 0 Å². The molecule has 0 saturated carbocycles. The predicted molar refractivity (Wildman–Crippen MR) is 101 cm³/mol. The Bertz CT molecular complexity index is 973. The fourth-order valence-corrected chi connectivity index (χ4v) is 2.67. The molecule has 3 aromatic rings. The van der Waals surface area contributed by atoms with Crippen LogP contribution in [0.1, 0.15) is 27.4 Å². The highest BCUT2D eigenvalue weighted by Crippen LogP contribution is 2.23. The number of methoxy groups -OCH3 is 1. The minimum Gasteiger partial charge on any atom is -0.478 e. The lowest BCUT2D eigenvalue weighted by Gasteiger charge is -2.00. The van der Waals surface area contributed by atoms with Gasteiger partial charge in [-0.3, -0.25) is 0 Å². The van der Waals surface area contributed by atoms with E-state index < -0.39 is 11.9 Å². The quantitative estimate of drug-likeness (QED) is 0.517. The topological polar surface area (TPSA) is 92.3 Å². The van der Waals surface area contributed by atoms with Crippen molar-refractivity contribution < 1.29 is 19.4 Å². The van der Waals surface area contributed by atoms with E-state index in [0.717, 1.165) is 22.8 Å². The number of carboxylic acids is 1. The lowest BCUT2D eigenvalue weighted by molar-refractivity contribution is -0.131. The normalized spacial score (nSPS) is 10.9. The number of imidazole rings is 1. The molecule has 0 fully saturated rings. The highest BCUT2D eigenvalue weighted by molar-refractivity contribution is 5.94. The monoisotopic (exact) mass is 362 g/mol. The van der Waals surface area contributed by atoms with Gasteiger partial charge in [0.1, 0.15) is 11.5 Å². The molecule has 0 atom stereocenters. The van der Waals surface area contributed by atoms with Crippen molar-refractivity contribution in [2.75, 3.05) is 7.11 Å². The Kier molecular flexibility index (Phi) is 5.47. The molecule has 2 aromatic carbocycles. The molecule has 0 saturated heterocycles. The number of nitrogens with one attached hydrogen (secondary N) is 1. The number of carbonyl (C=O) groups excluding carboxylic acids is 1. The summed E-state index contributed by atoms with van der Waals surface area (Å²) in [5.74, 6) is -0.816. The van der Waals surface area contributed by atoms with E-state index in [4.69, 9.17) is 9.84 Å². The van der Waals surface area contributed by atoms with Crippen molar-refractivity contribution in [3.05, 3.63) is 83.3 Å². The van der Waals surface area contributed by atoms with Crippen LogP contribution in [0, 0.1) is 0 Å². The minimum absolute atomic E-state index is 0.319.